The number of rotatable bonds is 5. The molecule has 2 N–H and O–H groups in total. The minimum Gasteiger partial charge on any atom is -0.486 e. The van der Waals surface area contributed by atoms with E-state index in [4.69, 9.17) is 14.2 Å². The van der Waals surface area contributed by atoms with Crippen molar-refractivity contribution in [3.8, 4) is 22.3 Å². The lowest BCUT2D eigenvalue weighted by molar-refractivity contribution is -0.123. The molecule has 0 atom stereocenters. The Hall–Kier alpha value is -4.06. The number of esters is 1. The molecule has 3 amide bonds. The molecule has 4 rings (SSSR count). The van der Waals surface area contributed by atoms with Crippen LogP contribution in [0.5, 0.6) is 11.5 Å². The summed E-state index contributed by atoms with van der Waals surface area (Å²) in [5.74, 6) is -0.164. The summed E-state index contributed by atoms with van der Waals surface area (Å²) in [6.45, 7) is 0.211. The maximum absolute atomic E-state index is 12.1. The summed E-state index contributed by atoms with van der Waals surface area (Å²) in [5.41, 5.74) is 0.422. The quantitative estimate of drug-likeness (QED) is 0.568. The van der Waals surface area contributed by atoms with E-state index in [0.717, 1.165) is 0 Å². The second-order valence-electron chi connectivity index (χ2n) is 6.05. The van der Waals surface area contributed by atoms with E-state index >= 15 is 0 Å². The van der Waals surface area contributed by atoms with Crippen molar-refractivity contribution in [2.45, 2.75) is 0 Å². The molecule has 1 aromatic carbocycles. The average molecular weight is 441 g/mol. The highest BCUT2D eigenvalue weighted by Gasteiger charge is 2.17. The van der Waals surface area contributed by atoms with Crippen molar-refractivity contribution in [3.05, 3.63) is 47.7 Å². The topological polar surface area (TPSA) is 142 Å². The molecule has 0 unspecified atom stereocenters. The minimum atomic E-state index is -0.805. The van der Waals surface area contributed by atoms with E-state index in [-0.39, 0.29) is 5.69 Å². The van der Waals surface area contributed by atoms with Gasteiger partial charge in [-0.05, 0) is 18.2 Å². The van der Waals surface area contributed by atoms with Gasteiger partial charge in [0.25, 0.3) is 5.91 Å². The van der Waals surface area contributed by atoms with E-state index in [1.807, 2.05) is 0 Å². The largest absolute Gasteiger partial charge is 0.486 e. The van der Waals surface area contributed by atoms with Crippen LogP contribution >= 0.6 is 11.3 Å². The molecule has 0 radical (unpaired) electrons. The van der Waals surface area contributed by atoms with Gasteiger partial charge in [-0.25, -0.2) is 24.5 Å². The summed E-state index contributed by atoms with van der Waals surface area (Å²) in [5, 5.41) is 6.48. The van der Waals surface area contributed by atoms with Gasteiger partial charge in [0.2, 0.25) is 0 Å². The first-order valence-corrected chi connectivity index (χ1v) is 9.87. The van der Waals surface area contributed by atoms with Crippen LogP contribution < -0.4 is 20.1 Å². The van der Waals surface area contributed by atoms with Gasteiger partial charge in [-0.15, -0.1) is 11.3 Å². The predicted octanol–water partition coefficient (Wildman–Crippen LogP) is 1.88. The fourth-order valence-electron chi connectivity index (χ4n) is 2.53. The number of amides is 3. The van der Waals surface area contributed by atoms with Crippen LogP contribution in [0, 0.1) is 0 Å². The molecule has 0 saturated carbocycles. The number of hydrogen-bond acceptors (Lipinski definition) is 10. The molecular formula is C19H15N5O6S. The van der Waals surface area contributed by atoms with Gasteiger partial charge in [0.05, 0.1) is 0 Å². The Labute approximate surface area is 179 Å². The van der Waals surface area contributed by atoms with Gasteiger partial charge in [0.15, 0.2) is 34.6 Å². The molecule has 3 aromatic rings. The number of fused-ring (bicyclic) bond motifs is 1. The third kappa shape index (κ3) is 5.11. The number of hydrogen-bond donors (Lipinski definition) is 2. The lowest BCUT2D eigenvalue weighted by Gasteiger charge is -2.19. The SMILES string of the molecule is O=C(COC(=O)c1csc(-c2ncccn2)n1)NC(=O)Nc1ccc2c(c1)OCCO2. The third-order valence-corrected chi connectivity index (χ3v) is 4.70. The van der Waals surface area contributed by atoms with Crippen LogP contribution in [-0.2, 0) is 9.53 Å². The molecule has 1 aliphatic heterocycles. The maximum Gasteiger partial charge on any atom is 0.358 e. The predicted molar refractivity (Wildman–Crippen MR) is 108 cm³/mol. The summed E-state index contributed by atoms with van der Waals surface area (Å²) in [6.07, 6.45) is 3.12. The molecule has 2 aromatic heterocycles. The highest BCUT2D eigenvalue weighted by molar-refractivity contribution is 7.13. The first-order chi connectivity index (χ1) is 15.1. The highest BCUT2D eigenvalue weighted by atomic mass is 32.1. The molecule has 1 aliphatic rings. The number of carbonyl (C=O) groups is 3. The van der Waals surface area contributed by atoms with Crippen molar-refractivity contribution in [2.24, 2.45) is 0 Å². The van der Waals surface area contributed by atoms with Crippen LogP contribution in [0.4, 0.5) is 10.5 Å². The molecule has 0 bridgehead atoms. The number of benzene rings is 1. The van der Waals surface area contributed by atoms with Gasteiger partial charge in [-0.1, -0.05) is 0 Å². The Morgan fingerprint density at radius 2 is 1.87 bits per heavy atom. The van der Waals surface area contributed by atoms with Crippen molar-refractivity contribution in [2.75, 3.05) is 25.1 Å². The summed E-state index contributed by atoms with van der Waals surface area (Å²) in [4.78, 5) is 48.2. The number of nitrogens with one attached hydrogen (secondary N) is 2. The van der Waals surface area contributed by atoms with Crippen molar-refractivity contribution in [1.82, 2.24) is 20.3 Å². The van der Waals surface area contributed by atoms with E-state index in [2.05, 4.69) is 25.6 Å². The van der Waals surface area contributed by atoms with Crippen LogP contribution in [0.2, 0.25) is 0 Å². The fourth-order valence-corrected chi connectivity index (χ4v) is 3.26. The van der Waals surface area contributed by atoms with Gasteiger partial charge in [-0.3, -0.25) is 10.1 Å². The first kappa shape index (κ1) is 20.2. The van der Waals surface area contributed by atoms with Crippen LogP contribution in [0.15, 0.2) is 42.0 Å². The zero-order valence-electron chi connectivity index (χ0n) is 15.9. The number of imide groups is 1. The smallest absolute Gasteiger partial charge is 0.358 e. The van der Waals surface area contributed by atoms with Gasteiger partial charge in [-0.2, -0.15) is 0 Å². The molecule has 31 heavy (non-hydrogen) atoms. The van der Waals surface area contributed by atoms with E-state index in [1.165, 1.54) is 16.7 Å². The Morgan fingerprint density at radius 1 is 1.10 bits per heavy atom. The van der Waals surface area contributed by atoms with E-state index in [9.17, 15) is 14.4 Å². The van der Waals surface area contributed by atoms with Crippen molar-refractivity contribution in [3.63, 3.8) is 0 Å². The Bertz CT molecular complexity index is 1120. The Balaban J connectivity index is 1.26. The summed E-state index contributed by atoms with van der Waals surface area (Å²) in [6, 6.07) is 5.71. The standard InChI is InChI=1S/C19H15N5O6S/c25-15(24-19(27)22-11-2-3-13-14(8-11)29-7-6-28-13)9-30-18(26)12-10-31-17(23-12)16-20-4-1-5-21-16/h1-5,8,10H,6-7,9H2,(H2,22,24,25,27). The number of urea groups is 1. The monoisotopic (exact) mass is 441 g/mol. The molecule has 0 aliphatic carbocycles. The number of nitrogens with zero attached hydrogens (tertiary/aromatic N) is 3. The maximum atomic E-state index is 12.1. The Kier molecular flexibility index (Phi) is 5.98. The van der Waals surface area contributed by atoms with Gasteiger partial charge in [0, 0.05) is 29.5 Å². The van der Waals surface area contributed by atoms with Gasteiger partial charge in [0.1, 0.15) is 13.2 Å². The second kappa shape index (κ2) is 9.17. The van der Waals surface area contributed by atoms with E-state index in [1.54, 1.807) is 36.7 Å². The number of carbonyl (C=O) groups excluding carboxylic acids is 3. The summed E-state index contributed by atoms with van der Waals surface area (Å²) < 4.78 is 15.7. The van der Waals surface area contributed by atoms with Crippen molar-refractivity contribution >= 4 is 34.9 Å². The second-order valence-corrected chi connectivity index (χ2v) is 6.91. The number of ether oxygens (including phenoxy) is 3. The number of aromatic nitrogens is 3. The molecule has 12 heteroatoms. The zero-order valence-corrected chi connectivity index (χ0v) is 16.7. The summed E-state index contributed by atoms with van der Waals surface area (Å²) in [7, 11) is 0. The normalized spacial score (nSPS) is 12.0. The summed E-state index contributed by atoms with van der Waals surface area (Å²) >= 11 is 1.17. The number of anilines is 1. The molecule has 158 valence electrons. The molecule has 3 heterocycles. The zero-order chi connectivity index (χ0) is 21.6. The van der Waals surface area contributed by atoms with Gasteiger partial charge < -0.3 is 19.5 Å². The first-order valence-electron chi connectivity index (χ1n) is 8.99. The third-order valence-electron chi connectivity index (χ3n) is 3.86. The minimum absolute atomic E-state index is 0.0148. The molecule has 0 saturated heterocycles. The van der Waals surface area contributed by atoms with Crippen LogP contribution in [0.3, 0.4) is 0 Å². The van der Waals surface area contributed by atoms with Crippen molar-refractivity contribution < 1.29 is 28.6 Å². The van der Waals surface area contributed by atoms with Gasteiger partial charge >= 0.3 is 12.0 Å². The average Bonchev–Trinajstić information content (AvgIpc) is 3.28. The molecule has 11 nitrogen and oxygen atoms in total. The lowest BCUT2D eigenvalue weighted by atomic mass is 10.2. The lowest BCUT2D eigenvalue weighted by Crippen LogP contribution is -2.37. The number of thiazole rings is 1. The highest BCUT2D eigenvalue weighted by Crippen LogP contribution is 2.32. The molecular weight excluding hydrogens is 426 g/mol. The van der Waals surface area contributed by atoms with Crippen LogP contribution in [0.1, 0.15) is 10.5 Å². The van der Waals surface area contributed by atoms with E-state index < -0.39 is 24.5 Å². The Morgan fingerprint density at radius 3 is 2.68 bits per heavy atom. The van der Waals surface area contributed by atoms with Crippen LogP contribution in [-0.4, -0.2) is 52.7 Å². The van der Waals surface area contributed by atoms with Crippen LogP contribution in [0.25, 0.3) is 10.8 Å². The van der Waals surface area contributed by atoms with Crippen molar-refractivity contribution in [1.29, 1.82) is 0 Å². The molecule has 0 spiro atoms. The molecule has 0 fully saturated rings. The van der Waals surface area contributed by atoms with E-state index in [0.29, 0.717) is 41.2 Å². The fraction of sp³-hybridized carbons (Fsp3) is 0.158.